The first kappa shape index (κ1) is 22.4. The fourth-order valence-electron chi connectivity index (χ4n) is 3.12. The van der Waals surface area contributed by atoms with E-state index in [4.69, 9.17) is 32.7 Å². The predicted molar refractivity (Wildman–Crippen MR) is 124 cm³/mol. The van der Waals surface area contributed by atoms with Crippen molar-refractivity contribution in [3.05, 3.63) is 82.3 Å². The standard InChI is InChI=1S/C22H18Cl2N2O5S/c23-15-2-1-3-19(12-15)31-18-7-4-16(5-8-18)25-22(27)20-9-6-17(13-21(20)24)26-10-11-30-14-32(26,28)29/h1-9,12-13H,10-11,14H2,(H,25,27). The molecule has 32 heavy (non-hydrogen) atoms. The number of halogens is 2. The smallest absolute Gasteiger partial charge is 0.259 e. The molecule has 0 atom stereocenters. The lowest BCUT2D eigenvalue weighted by Crippen LogP contribution is -2.41. The molecule has 166 valence electrons. The number of nitrogens with zero attached hydrogens (tertiary/aromatic N) is 1. The Balaban J connectivity index is 1.44. The Morgan fingerprint density at radius 2 is 1.78 bits per heavy atom. The molecule has 1 aliphatic rings. The zero-order chi connectivity index (χ0) is 22.7. The van der Waals surface area contributed by atoms with E-state index in [2.05, 4.69) is 5.32 Å². The molecular formula is C22H18Cl2N2O5S. The number of amides is 1. The van der Waals surface area contributed by atoms with Crippen LogP contribution in [0.3, 0.4) is 0 Å². The van der Waals surface area contributed by atoms with Crippen LogP contribution in [0.25, 0.3) is 0 Å². The second-order valence-electron chi connectivity index (χ2n) is 6.91. The fraction of sp³-hybridized carbons (Fsp3) is 0.136. The van der Waals surface area contributed by atoms with Crippen LogP contribution in [-0.2, 0) is 14.8 Å². The maximum absolute atomic E-state index is 12.7. The van der Waals surface area contributed by atoms with E-state index in [1.165, 1.54) is 16.4 Å². The number of ether oxygens (including phenoxy) is 2. The molecule has 1 amide bonds. The summed E-state index contributed by atoms with van der Waals surface area (Å²) in [6, 6.07) is 18.3. The van der Waals surface area contributed by atoms with Crippen LogP contribution in [0.15, 0.2) is 66.7 Å². The highest BCUT2D eigenvalue weighted by Gasteiger charge is 2.27. The van der Waals surface area contributed by atoms with Crippen molar-refractivity contribution in [1.29, 1.82) is 0 Å². The second-order valence-corrected chi connectivity index (χ2v) is 9.60. The van der Waals surface area contributed by atoms with Crippen molar-refractivity contribution >= 4 is 50.5 Å². The normalized spacial score (nSPS) is 15.2. The topological polar surface area (TPSA) is 84.9 Å². The lowest BCUT2D eigenvalue weighted by molar-refractivity contribution is 0.102. The molecule has 0 aromatic heterocycles. The van der Waals surface area contributed by atoms with Crippen molar-refractivity contribution in [2.45, 2.75) is 0 Å². The summed E-state index contributed by atoms with van der Waals surface area (Å²) in [7, 11) is -3.57. The molecule has 1 fully saturated rings. The van der Waals surface area contributed by atoms with Gasteiger partial charge in [-0.05, 0) is 60.7 Å². The highest BCUT2D eigenvalue weighted by molar-refractivity contribution is 7.92. The van der Waals surface area contributed by atoms with Crippen molar-refractivity contribution in [2.75, 3.05) is 28.7 Å². The molecule has 1 heterocycles. The van der Waals surface area contributed by atoms with Gasteiger partial charge in [0.2, 0.25) is 0 Å². The molecule has 1 N–H and O–H groups in total. The summed E-state index contributed by atoms with van der Waals surface area (Å²) in [5.41, 5.74) is 1.15. The molecule has 0 radical (unpaired) electrons. The van der Waals surface area contributed by atoms with Crippen LogP contribution in [0.5, 0.6) is 11.5 Å². The Kier molecular flexibility index (Phi) is 6.57. The van der Waals surface area contributed by atoms with Crippen molar-refractivity contribution in [1.82, 2.24) is 0 Å². The van der Waals surface area contributed by atoms with Crippen LogP contribution >= 0.6 is 23.2 Å². The molecule has 1 saturated heterocycles. The Morgan fingerprint density at radius 1 is 1.00 bits per heavy atom. The van der Waals surface area contributed by atoms with E-state index in [9.17, 15) is 13.2 Å². The molecule has 1 aliphatic heterocycles. The summed E-state index contributed by atoms with van der Waals surface area (Å²) in [5, 5.41) is 3.47. The summed E-state index contributed by atoms with van der Waals surface area (Å²) >= 11 is 12.2. The predicted octanol–water partition coefficient (Wildman–Crippen LogP) is 5.16. The Bertz CT molecular complexity index is 1250. The van der Waals surface area contributed by atoms with Gasteiger partial charge in [-0.15, -0.1) is 0 Å². The number of carbonyl (C=O) groups excluding carboxylic acids is 1. The van der Waals surface area contributed by atoms with Crippen molar-refractivity contribution < 1.29 is 22.7 Å². The maximum atomic E-state index is 12.7. The van der Waals surface area contributed by atoms with Gasteiger partial charge in [-0.25, -0.2) is 8.42 Å². The number of sulfonamides is 1. The van der Waals surface area contributed by atoms with Crippen LogP contribution < -0.4 is 14.4 Å². The van der Waals surface area contributed by atoms with Gasteiger partial charge in [-0.2, -0.15) is 0 Å². The number of carbonyl (C=O) groups is 1. The minimum absolute atomic E-state index is 0.141. The highest BCUT2D eigenvalue weighted by atomic mass is 35.5. The van der Waals surface area contributed by atoms with Gasteiger partial charge in [-0.1, -0.05) is 29.3 Å². The number of hydrogen-bond donors (Lipinski definition) is 1. The van der Waals surface area contributed by atoms with E-state index in [0.29, 0.717) is 27.9 Å². The van der Waals surface area contributed by atoms with Crippen molar-refractivity contribution in [2.24, 2.45) is 0 Å². The first-order chi connectivity index (χ1) is 15.3. The van der Waals surface area contributed by atoms with Crippen molar-refractivity contribution in [3.8, 4) is 11.5 Å². The van der Waals surface area contributed by atoms with Gasteiger partial charge < -0.3 is 14.8 Å². The van der Waals surface area contributed by atoms with E-state index in [1.807, 2.05) is 0 Å². The molecule has 10 heteroatoms. The molecule has 0 spiro atoms. The van der Waals surface area contributed by atoms with Crippen LogP contribution in [0, 0.1) is 0 Å². The summed E-state index contributed by atoms with van der Waals surface area (Å²) in [5.74, 6) is 0.377. The average Bonchev–Trinajstić information content (AvgIpc) is 2.75. The van der Waals surface area contributed by atoms with E-state index < -0.39 is 15.9 Å². The van der Waals surface area contributed by atoms with Gasteiger partial charge in [0.15, 0.2) is 5.94 Å². The van der Waals surface area contributed by atoms with E-state index >= 15 is 0 Å². The number of nitrogens with one attached hydrogen (secondary N) is 1. The number of hydrogen-bond acceptors (Lipinski definition) is 5. The van der Waals surface area contributed by atoms with Gasteiger partial charge >= 0.3 is 0 Å². The molecule has 0 bridgehead atoms. The molecule has 0 unspecified atom stereocenters. The van der Waals surface area contributed by atoms with Gasteiger partial charge in [0.25, 0.3) is 15.9 Å². The molecule has 3 aromatic carbocycles. The van der Waals surface area contributed by atoms with Crippen LogP contribution in [0.2, 0.25) is 10.0 Å². The van der Waals surface area contributed by atoms with Crippen LogP contribution in [0.4, 0.5) is 11.4 Å². The van der Waals surface area contributed by atoms with Gasteiger partial charge in [0.1, 0.15) is 11.5 Å². The number of benzene rings is 3. The Labute approximate surface area is 195 Å². The summed E-state index contributed by atoms with van der Waals surface area (Å²) in [6.45, 7) is 0.476. The first-order valence-corrected chi connectivity index (χ1v) is 11.9. The molecule has 0 aliphatic carbocycles. The zero-order valence-electron chi connectivity index (χ0n) is 16.6. The third-order valence-electron chi connectivity index (χ3n) is 4.64. The summed E-state index contributed by atoms with van der Waals surface area (Å²) in [6.07, 6.45) is 0. The van der Waals surface area contributed by atoms with Gasteiger partial charge in [0.05, 0.1) is 29.4 Å². The van der Waals surface area contributed by atoms with Gasteiger partial charge in [-0.3, -0.25) is 9.10 Å². The monoisotopic (exact) mass is 492 g/mol. The average molecular weight is 493 g/mol. The maximum Gasteiger partial charge on any atom is 0.259 e. The lowest BCUT2D eigenvalue weighted by Gasteiger charge is -2.28. The van der Waals surface area contributed by atoms with Gasteiger partial charge in [0, 0.05) is 10.7 Å². The molecule has 3 aromatic rings. The lowest BCUT2D eigenvalue weighted by atomic mass is 10.2. The second kappa shape index (κ2) is 9.38. The van der Waals surface area contributed by atoms with E-state index in [-0.39, 0.29) is 29.7 Å². The molecule has 7 nitrogen and oxygen atoms in total. The first-order valence-electron chi connectivity index (χ1n) is 9.54. The number of anilines is 2. The Morgan fingerprint density at radius 3 is 2.47 bits per heavy atom. The third-order valence-corrected chi connectivity index (χ3v) is 6.71. The minimum atomic E-state index is -3.57. The largest absolute Gasteiger partial charge is 0.457 e. The Hall–Kier alpha value is -2.78. The van der Waals surface area contributed by atoms with E-state index in [1.54, 1.807) is 54.6 Å². The quantitative estimate of drug-likeness (QED) is 0.531. The summed E-state index contributed by atoms with van der Waals surface area (Å²) < 4.78 is 36.3. The van der Waals surface area contributed by atoms with Crippen molar-refractivity contribution in [3.63, 3.8) is 0 Å². The SMILES string of the molecule is O=C(Nc1ccc(Oc2cccc(Cl)c2)cc1)c1ccc(N2CCOCS2(=O)=O)cc1Cl. The number of rotatable bonds is 5. The summed E-state index contributed by atoms with van der Waals surface area (Å²) in [4.78, 5) is 12.7. The minimum Gasteiger partial charge on any atom is -0.457 e. The van der Waals surface area contributed by atoms with E-state index in [0.717, 1.165) is 0 Å². The molecule has 0 saturated carbocycles. The molecule has 4 rings (SSSR count). The van der Waals surface area contributed by atoms with Crippen LogP contribution in [0.1, 0.15) is 10.4 Å². The third kappa shape index (κ3) is 5.16. The highest BCUT2D eigenvalue weighted by Crippen LogP contribution is 2.29. The zero-order valence-corrected chi connectivity index (χ0v) is 19.0. The molecular weight excluding hydrogens is 475 g/mol. The van der Waals surface area contributed by atoms with Crippen LogP contribution in [-0.4, -0.2) is 33.4 Å². The fourth-order valence-corrected chi connectivity index (χ4v) is 4.80.